The van der Waals surface area contributed by atoms with E-state index in [0.717, 1.165) is 22.4 Å². The SMILES string of the molecule is Cc1ccc(-n2ncc3c2NC(=O)CC3c2ccc(OCC(N)=O)cc2)cc1Cl. The fourth-order valence-corrected chi connectivity index (χ4v) is 3.55. The number of nitrogens with two attached hydrogens (primary N) is 1. The summed E-state index contributed by atoms with van der Waals surface area (Å²) in [6.45, 7) is 1.75. The number of amides is 2. The molecule has 0 fully saturated rings. The lowest BCUT2D eigenvalue weighted by Gasteiger charge is -2.24. The molecule has 1 atom stereocenters. The van der Waals surface area contributed by atoms with Crippen LogP contribution >= 0.6 is 11.6 Å². The molecule has 2 amide bonds. The normalized spacial score (nSPS) is 15.5. The smallest absolute Gasteiger partial charge is 0.255 e. The zero-order chi connectivity index (χ0) is 20.5. The number of nitrogens with zero attached hydrogens (tertiary/aromatic N) is 2. The number of primary amides is 1. The topological polar surface area (TPSA) is 99.2 Å². The lowest BCUT2D eigenvalue weighted by atomic mass is 9.87. The number of fused-ring (bicyclic) bond motifs is 1. The van der Waals surface area contributed by atoms with Gasteiger partial charge in [0.25, 0.3) is 5.91 Å². The van der Waals surface area contributed by atoms with Gasteiger partial charge in [-0.15, -0.1) is 0 Å². The maximum atomic E-state index is 12.4. The first-order valence-electron chi connectivity index (χ1n) is 9.07. The molecule has 1 aliphatic heterocycles. The number of rotatable bonds is 5. The molecule has 3 N–H and O–H groups in total. The fraction of sp³-hybridized carbons (Fsp3) is 0.190. The van der Waals surface area contributed by atoms with Crippen LogP contribution in [0.2, 0.25) is 5.02 Å². The molecule has 0 saturated heterocycles. The average molecular weight is 411 g/mol. The monoisotopic (exact) mass is 410 g/mol. The highest BCUT2D eigenvalue weighted by atomic mass is 35.5. The number of aromatic nitrogens is 2. The highest BCUT2D eigenvalue weighted by Gasteiger charge is 2.30. The number of nitrogens with one attached hydrogen (secondary N) is 1. The summed E-state index contributed by atoms with van der Waals surface area (Å²) in [4.78, 5) is 23.3. The third kappa shape index (κ3) is 3.82. The van der Waals surface area contributed by atoms with E-state index in [1.807, 2.05) is 37.3 Å². The number of carbonyl (C=O) groups is 2. The van der Waals surface area contributed by atoms with Crippen molar-refractivity contribution in [2.24, 2.45) is 5.73 Å². The van der Waals surface area contributed by atoms with Gasteiger partial charge in [0.15, 0.2) is 6.61 Å². The van der Waals surface area contributed by atoms with E-state index in [9.17, 15) is 9.59 Å². The number of hydrogen-bond acceptors (Lipinski definition) is 4. The summed E-state index contributed by atoms with van der Waals surface area (Å²) in [7, 11) is 0. The first-order chi connectivity index (χ1) is 13.9. The Labute approximate surface area is 172 Å². The number of carbonyl (C=O) groups excluding carboxylic acids is 2. The van der Waals surface area contributed by atoms with E-state index in [2.05, 4.69) is 10.4 Å². The minimum Gasteiger partial charge on any atom is -0.484 e. The van der Waals surface area contributed by atoms with Gasteiger partial charge in [-0.3, -0.25) is 9.59 Å². The molecule has 1 aromatic heterocycles. The first kappa shape index (κ1) is 19.0. The summed E-state index contributed by atoms with van der Waals surface area (Å²) in [5.74, 6) is 0.416. The van der Waals surface area contributed by atoms with Gasteiger partial charge in [0.05, 0.1) is 11.9 Å². The maximum absolute atomic E-state index is 12.4. The molecule has 0 aliphatic carbocycles. The van der Waals surface area contributed by atoms with Gasteiger partial charge in [-0.05, 0) is 42.3 Å². The van der Waals surface area contributed by atoms with E-state index in [-0.39, 0.29) is 18.4 Å². The largest absolute Gasteiger partial charge is 0.484 e. The van der Waals surface area contributed by atoms with E-state index in [1.54, 1.807) is 23.0 Å². The lowest BCUT2D eigenvalue weighted by molar-refractivity contribution is -0.120. The van der Waals surface area contributed by atoms with Crippen LogP contribution in [0.15, 0.2) is 48.7 Å². The van der Waals surface area contributed by atoms with E-state index >= 15 is 0 Å². The van der Waals surface area contributed by atoms with E-state index in [4.69, 9.17) is 22.1 Å². The Morgan fingerprint density at radius 2 is 2.07 bits per heavy atom. The predicted molar refractivity (Wildman–Crippen MR) is 110 cm³/mol. The van der Waals surface area contributed by atoms with Gasteiger partial charge in [-0.25, -0.2) is 4.68 Å². The fourth-order valence-electron chi connectivity index (χ4n) is 3.38. The van der Waals surface area contributed by atoms with Crippen LogP contribution in [0.5, 0.6) is 5.75 Å². The third-order valence-corrected chi connectivity index (χ3v) is 5.29. The lowest BCUT2D eigenvalue weighted by Crippen LogP contribution is -2.24. The summed E-state index contributed by atoms with van der Waals surface area (Å²) < 4.78 is 6.99. The van der Waals surface area contributed by atoms with Crippen molar-refractivity contribution in [2.45, 2.75) is 19.3 Å². The molecule has 29 heavy (non-hydrogen) atoms. The minimum absolute atomic E-state index is 0.0866. The number of anilines is 1. The molecule has 1 unspecified atom stereocenters. The number of halogens is 1. The summed E-state index contributed by atoms with van der Waals surface area (Å²) >= 11 is 6.26. The summed E-state index contributed by atoms with van der Waals surface area (Å²) in [6.07, 6.45) is 2.08. The van der Waals surface area contributed by atoms with Crippen molar-refractivity contribution in [2.75, 3.05) is 11.9 Å². The van der Waals surface area contributed by atoms with Gasteiger partial charge in [-0.1, -0.05) is 29.8 Å². The Hall–Kier alpha value is -3.32. The molecule has 4 rings (SSSR count). The Kier molecular flexibility index (Phi) is 4.98. The molecule has 7 nitrogen and oxygen atoms in total. The number of ether oxygens (including phenoxy) is 1. The molecule has 0 radical (unpaired) electrons. The summed E-state index contributed by atoms with van der Waals surface area (Å²) in [5.41, 5.74) is 8.72. The van der Waals surface area contributed by atoms with Crippen molar-refractivity contribution in [3.8, 4) is 11.4 Å². The van der Waals surface area contributed by atoms with E-state index in [1.165, 1.54) is 0 Å². The zero-order valence-corrected chi connectivity index (χ0v) is 16.4. The molecular formula is C21H19ClN4O3. The summed E-state index contributed by atoms with van der Waals surface area (Å²) in [6, 6.07) is 12.9. The van der Waals surface area contributed by atoms with Crippen molar-refractivity contribution in [1.29, 1.82) is 0 Å². The second kappa shape index (κ2) is 7.60. The molecule has 0 saturated carbocycles. The van der Waals surface area contributed by atoms with Gasteiger partial charge in [0, 0.05) is 22.9 Å². The Balaban J connectivity index is 1.66. The average Bonchev–Trinajstić information content (AvgIpc) is 3.12. The van der Waals surface area contributed by atoms with Crippen molar-refractivity contribution < 1.29 is 14.3 Å². The third-order valence-electron chi connectivity index (χ3n) is 4.88. The van der Waals surface area contributed by atoms with E-state index in [0.29, 0.717) is 23.0 Å². The van der Waals surface area contributed by atoms with Crippen LogP contribution in [0.4, 0.5) is 5.82 Å². The molecule has 2 heterocycles. The quantitative estimate of drug-likeness (QED) is 0.674. The highest BCUT2D eigenvalue weighted by Crippen LogP contribution is 2.38. The molecule has 0 bridgehead atoms. The molecule has 0 spiro atoms. The van der Waals surface area contributed by atoms with Crippen LogP contribution < -0.4 is 15.8 Å². The van der Waals surface area contributed by atoms with E-state index < -0.39 is 5.91 Å². The number of hydrogen-bond donors (Lipinski definition) is 2. The van der Waals surface area contributed by atoms with Crippen LogP contribution in [0, 0.1) is 6.92 Å². The number of aryl methyl sites for hydroxylation is 1. The van der Waals surface area contributed by atoms with Crippen molar-refractivity contribution >= 4 is 29.2 Å². The Bertz CT molecular complexity index is 1090. The molecule has 1 aliphatic rings. The number of benzene rings is 2. The van der Waals surface area contributed by atoms with Crippen LogP contribution in [-0.2, 0) is 9.59 Å². The van der Waals surface area contributed by atoms with Gasteiger partial charge in [0.1, 0.15) is 11.6 Å². The molecule has 8 heteroatoms. The predicted octanol–water partition coefficient (Wildman–Crippen LogP) is 3.17. The van der Waals surface area contributed by atoms with Gasteiger partial charge in [-0.2, -0.15) is 5.10 Å². The van der Waals surface area contributed by atoms with Gasteiger partial charge in [0.2, 0.25) is 5.91 Å². The molecule has 2 aromatic carbocycles. The van der Waals surface area contributed by atoms with Crippen LogP contribution in [0.25, 0.3) is 5.69 Å². The Morgan fingerprint density at radius 1 is 1.31 bits per heavy atom. The second-order valence-electron chi connectivity index (χ2n) is 6.92. The first-order valence-corrected chi connectivity index (χ1v) is 9.45. The van der Waals surface area contributed by atoms with Crippen LogP contribution in [0.1, 0.15) is 29.0 Å². The van der Waals surface area contributed by atoms with Gasteiger partial charge >= 0.3 is 0 Å². The van der Waals surface area contributed by atoms with Crippen molar-refractivity contribution in [3.63, 3.8) is 0 Å². The van der Waals surface area contributed by atoms with Crippen molar-refractivity contribution in [1.82, 2.24) is 9.78 Å². The summed E-state index contributed by atoms with van der Waals surface area (Å²) in [5, 5.41) is 8.05. The Morgan fingerprint density at radius 3 is 2.76 bits per heavy atom. The minimum atomic E-state index is -0.536. The molecule has 148 valence electrons. The highest BCUT2D eigenvalue weighted by molar-refractivity contribution is 6.31. The molecule has 3 aromatic rings. The maximum Gasteiger partial charge on any atom is 0.255 e. The van der Waals surface area contributed by atoms with Crippen LogP contribution in [0.3, 0.4) is 0 Å². The van der Waals surface area contributed by atoms with Crippen molar-refractivity contribution in [3.05, 3.63) is 70.4 Å². The standard InChI is InChI=1S/C21H19ClN4O3/c1-12-2-5-14(8-18(12)22)26-21-17(10-24-26)16(9-20(28)25-21)13-3-6-15(7-4-13)29-11-19(23)27/h2-8,10,16H,9,11H2,1H3,(H2,23,27)(H,25,28). The zero-order valence-electron chi connectivity index (χ0n) is 15.7. The van der Waals surface area contributed by atoms with Crippen LogP contribution in [-0.4, -0.2) is 28.2 Å². The second-order valence-corrected chi connectivity index (χ2v) is 7.33. The van der Waals surface area contributed by atoms with Gasteiger partial charge < -0.3 is 15.8 Å². The molecular weight excluding hydrogens is 392 g/mol.